The Morgan fingerprint density at radius 1 is 1.36 bits per heavy atom. The molecule has 2 rings (SSSR count). The molecule has 0 aliphatic heterocycles. The van der Waals surface area contributed by atoms with Crippen LogP contribution < -0.4 is 4.74 Å². The molecule has 118 valence electrons. The molecule has 0 amide bonds. The standard InChI is InChI=1S/C16H20N2O3S/c1-3-18(4-2)8-9-21-13-7-5-6-12(10-13)15-17-14(11-22-15)16(19)20/h5-7,10-11H,3-4,8-9H2,1-2H3,(H,19,20). The van der Waals surface area contributed by atoms with E-state index in [1.54, 1.807) is 5.38 Å². The van der Waals surface area contributed by atoms with Crippen LogP contribution in [0.25, 0.3) is 10.6 Å². The molecular formula is C16H20N2O3S. The number of thiazole rings is 1. The summed E-state index contributed by atoms with van der Waals surface area (Å²) in [5.74, 6) is -0.231. The monoisotopic (exact) mass is 320 g/mol. The van der Waals surface area contributed by atoms with E-state index < -0.39 is 5.97 Å². The zero-order valence-electron chi connectivity index (χ0n) is 12.8. The zero-order chi connectivity index (χ0) is 15.9. The first kappa shape index (κ1) is 16.5. The van der Waals surface area contributed by atoms with Crippen molar-refractivity contribution in [1.82, 2.24) is 9.88 Å². The number of aromatic nitrogens is 1. The highest BCUT2D eigenvalue weighted by molar-refractivity contribution is 7.13. The van der Waals surface area contributed by atoms with Gasteiger partial charge in [0.2, 0.25) is 0 Å². The van der Waals surface area contributed by atoms with Crippen molar-refractivity contribution in [2.24, 2.45) is 0 Å². The number of carboxylic acid groups (broad SMARTS) is 1. The number of likely N-dealkylation sites (N-methyl/N-ethyl adjacent to an activating group) is 1. The fourth-order valence-corrected chi connectivity index (χ4v) is 2.85. The molecule has 0 unspecified atom stereocenters. The molecule has 2 aromatic rings. The maximum absolute atomic E-state index is 10.9. The molecule has 0 fully saturated rings. The smallest absolute Gasteiger partial charge is 0.355 e. The summed E-state index contributed by atoms with van der Waals surface area (Å²) in [5, 5.41) is 11.2. The van der Waals surface area contributed by atoms with Crippen molar-refractivity contribution in [3.8, 4) is 16.3 Å². The van der Waals surface area contributed by atoms with E-state index in [1.807, 2.05) is 24.3 Å². The van der Waals surface area contributed by atoms with Crippen LogP contribution in [-0.2, 0) is 0 Å². The number of ether oxygens (including phenoxy) is 1. The third kappa shape index (κ3) is 4.29. The number of hydrogen-bond donors (Lipinski definition) is 1. The van der Waals surface area contributed by atoms with Gasteiger partial charge < -0.3 is 14.7 Å². The Balaban J connectivity index is 2.01. The first-order valence-corrected chi connectivity index (χ1v) is 8.16. The average Bonchev–Trinajstić information content (AvgIpc) is 3.02. The lowest BCUT2D eigenvalue weighted by Gasteiger charge is -2.18. The van der Waals surface area contributed by atoms with Crippen molar-refractivity contribution < 1.29 is 14.6 Å². The van der Waals surface area contributed by atoms with E-state index in [2.05, 4.69) is 23.7 Å². The van der Waals surface area contributed by atoms with Gasteiger partial charge in [-0.3, -0.25) is 0 Å². The van der Waals surface area contributed by atoms with E-state index >= 15 is 0 Å². The predicted octanol–water partition coefficient (Wildman–Crippen LogP) is 3.23. The molecular weight excluding hydrogens is 300 g/mol. The molecule has 0 aliphatic rings. The van der Waals surface area contributed by atoms with Crippen LogP contribution in [0.1, 0.15) is 24.3 Å². The lowest BCUT2D eigenvalue weighted by Crippen LogP contribution is -2.27. The maximum Gasteiger partial charge on any atom is 0.355 e. The summed E-state index contributed by atoms with van der Waals surface area (Å²) in [4.78, 5) is 17.3. The molecule has 6 heteroatoms. The number of rotatable bonds is 8. The summed E-state index contributed by atoms with van der Waals surface area (Å²) < 4.78 is 5.78. The molecule has 1 heterocycles. The van der Waals surface area contributed by atoms with Gasteiger partial charge >= 0.3 is 5.97 Å². The SMILES string of the molecule is CCN(CC)CCOc1cccc(-c2nc(C(=O)O)cs2)c1. The van der Waals surface area contributed by atoms with Crippen LogP contribution in [0.3, 0.4) is 0 Å². The van der Waals surface area contributed by atoms with Gasteiger partial charge in [0.05, 0.1) is 0 Å². The summed E-state index contributed by atoms with van der Waals surface area (Å²) in [6.45, 7) is 7.80. The molecule has 0 spiro atoms. The Kier molecular flexibility index (Phi) is 5.91. The van der Waals surface area contributed by atoms with E-state index in [0.717, 1.165) is 30.9 Å². The summed E-state index contributed by atoms with van der Waals surface area (Å²) in [7, 11) is 0. The molecule has 0 saturated carbocycles. The summed E-state index contributed by atoms with van der Waals surface area (Å²) in [5.41, 5.74) is 0.950. The normalized spacial score (nSPS) is 10.9. The van der Waals surface area contributed by atoms with E-state index in [0.29, 0.717) is 11.6 Å². The van der Waals surface area contributed by atoms with Crippen molar-refractivity contribution in [3.05, 3.63) is 35.3 Å². The van der Waals surface area contributed by atoms with Crippen LogP contribution in [0.2, 0.25) is 0 Å². The summed E-state index contributed by atoms with van der Waals surface area (Å²) >= 11 is 1.32. The van der Waals surface area contributed by atoms with Crippen molar-refractivity contribution >= 4 is 17.3 Å². The van der Waals surface area contributed by atoms with Crippen molar-refractivity contribution in [1.29, 1.82) is 0 Å². The van der Waals surface area contributed by atoms with Gasteiger partial charge in [0.15, 0.2) is 5.69 Å². The largest absolute Gasteiger partial charge is 0.492 e. The van der Waals surface area contributed by atoms with Crippen LogP contribution in [0.4, 0.5) is 0 Å². The molecule has 0 aliphatic carbocycles. The molecule has 1 aromatic heterocycles. The Labute approximate surface area is 134 Å². The minimum absolute atomic E-state index is 0.0767. The number of benzene rings is 1. The number of nitrogens with zero attached hydrogens (tertiary/aromatic N) is 2. The van der Waals surface area contributed by atoms with Gasteiger partial charge in [0.1, 0.15) is 17.4 Å². The maximum atomic E-state index is 10.9. The quantitative estimate of drug-likeness (QED) is 0.809. The van der Waals surface area contributed by atoms with Gasteiger partial charge in [-0.15, -0.1) is 11.3 Å². The Morgan fingerprint density at radius 3 is 2.77 bits per heavy atom. The molecule has 0 atom stereocenters. The molecule has 5 nitrogen and oxygen atoms in total. The number of carbonyl (C=O) groups is 1. The zero-order valence-corrected chi connectivity index (χ0v) is 13.6. The van der Waals surface area contributed by atoms with Gasteiger partial charge in [-0.25, -0.2) is 9.78 Å². The second kappa shape index (κ2) is 7.91. The second-order valence-corrected chi connectivity index (χ2v) is 5.60. The topological polar surface area (TPSA) is 62.7 Å². The van der Waals surface area contributed by atoms with Crippen LogP contribution in [0.15, 0.2) is 29.6 Å². The fourth-order valence-electron chi connectivity index (χ4n) is 2.06. The highest BCUT2D eigenvalue weighted by Gasteiger charge is 2.10. The number of hydrogen-bond acceptors (Lipinski definition) is 5. The lowest BCUT2D eigenvalue weighted by molar-refractivity contribution is 0.0691. The molecule has 1 N–H and O–H groups in total. The van der Waals surface area contributed by atoms with Crippen molar-refractivity contribution in [3.63, 3.8) is 0 Å². The molecule has 0 saturated heterocycles. The molecule has 0 radical (unpaired) electrons. The highest BCUT2D eigenvalue weighted by atomic mass is 32.1. The summed E-state index contributed by atoms with van der Waals surface area (Å²) in [6, 6.07) is 7.59. The number of carboxylic acids is 1. The molecule has 0 bridgehead atoms. The van der Waals surface area contributed by atoms with Crippen molar-refractivity contribution in [2.75, 3.05) is 26.2 Å². The fraction of sp³-hybridized carbons (Fsp3) is 0.375. The van der Waals surface area contributed by atoms with E-state index in [1.165, 1.54) is 11.3 Å². The molecule has 22 heavy (non-hydrogen) atoms. The van der Waals surface area contributed by atoms with E-state index in [-0.39, 0.29) is 5.69 Å². The van der Waals surface area contributed by atoms with Gasteiger partial charge in [-0.05, 0) is 25.2 Å². The Hall–Kier alpha value is -1.92. The van der Waals surface area contributed by atoms with Gasteiger partial charge in [0, 0.05) is 17.5 Å². The third-order valence-electron chi connectivity index (χ3n) is 3.37. The lowest BCUT2D eigenvalue weighted by atomic mass is 10.2. The predicted molar refractivity (Wildman–Crippen MR) is 87.8 cm³/mol. The Bertz CT molecular complexity index is 623. The van der Waals surface area contributed by atoms with Crippen LogP contribution >= 0.6 is 11.3 Å². The van der Waals surface area contributed by atoms with Gasteiger partial charge in [-0.1, -0.05) is 26.0 Å². The highest BCUT2D eigenvalue weighted by Crippen LogP contribution is 2.27. The van der Waals surface area contributed by atoms with Gasteiger partial charge in [0.25, 0.3) is 0 Å². The second-order valence-electron chi connectivity index (χ2n) is 4.75. The third-order valence-corrected chi connectivity index (χ3v) is 4.27. The van der Waals surface area contributed by atoms with Crippen LogP contribution in [-0.4, -0.2) is 47.2 Å². The van der Waals surface area contributed by atoms with Crippen molar-refractivity contribution in [2.45, 2.75) is 13.8 Å². The first-order valence-electron chi connectivity index (χ1n) is 7.28. The molecule has 1 aromatic carbocycles. The Morgan fingerprint density at radius 2 is 2.14 bits per heavy atom. The number of aromatic carboxylic acids is 1. The minimum Gasteiger partial charge on any atom is -0.492 e. The first-order chi connectivity index (χ1) is 10.6. The van der Waals surface area contributed by atoms with Crippen LogP contribution in [0, 0.1) is 0 Å². The van der Waals surface area contributed by atoms with Crippen LogP contribution in [0.5, 0.6) is 5.75 Å². The van der Waals surface area contributed by atoms with E-state index in [9.17, 15) is 4.79 Å². The summed E-state index contributed by atoms with van der Waals surface area (Å²) in [6.07, 6.45) is 0. The minimum atomic E-state index is -1.01. The average molecular weight is 320 g/mol. The van der Waals surface area contributed by atoms with E-state index in [4.69, 9.17) is 9.84 Å². The van der Waals surface area contributed by atoms with Gasteiger partial charge in [-0.2, -0.15) is 0 Å².